The Bertz CT molecular complexity index is 632. The number of carboxylic acids is 1. The lowest BCUT2D eigenvalue weighted by molar-refractivity contribution is -0.142. The molecule has 1 saturated heterocycles. The third-order valence-corrected chi connectivity index (χ3v) is 4.29. The molecule has 106 valence electrons. The second kappa shape index (κ2) is 5.29. The van der Waals surface area contributed by atoms with Crippen LogP contribution in [0.2, 0.25) is 0 Å². The van der Waals surface area contributed by atoms with E-state index in [1.54, 1.807) is 0 Å². The molecule has 3 rings (SSSR count). The predicted octanol–water partition coefficient (Wildman–Crippen LogP) is 2.78. The van der Waals surface area contributed by atoms with Crippen LogP contribution in [0.5, 0.6) is 0 Å². The molecular weight excluding hydrogens is 252 g/mol. The first-order chi connectivity index (χ1) is 9.70. The van der Waals surface area contributed by atoms with Gasteiger partial charge in [-0.25, -0.2) is 0 Å². The minimum Gasteiger partial charge on any atom is -0.480 e. The number of para-hydroxylation sites is 1. The van der Waals surface area contributed by atoms with E-state index >= 15 is 0 Å². The van der Waals surface area contributed by atoms with Gasteiger partial charge in [0.15, 0.2) is 0 Å². The maximum atomic E-state index is 11.3. The number of hydrogen-bond donors (Lipinski definition) is 2. The first kappa shape index (κ1) is 13.2. The van der Waals surface area contributed by atoms with Crippen LogP contribution >= 0.6 is 0 Å². The average Bonchev–Trinajstić information content (AvgIpc) is 3.06. The number of carboxylic acid groups (broad SMARTS) is 1. The summed E-state index contributed by atoms with van der Waals surface area (Å²) < 4.78 is 0. The van der Waals surface area contributed by atoms with Gasteiger partial charge in [0.05, 0.1) is 0 Å². The highest BCUT2D eigenvalue weighted by molar-refractivity contribution is 5.86. The number of aryl methyl sites for hydroxylation is 1. The Morgan fingerprint density at radius 3 is 3.05 bits per heavy atom. The molecule has 1 aromatic carbocycles. The van der Waals surface area contributed by atoms with Crippen LogP contribution in [-0.2, 0) is 17.8 Å². The molecule has 1 fully saturated rings. The van der Waals surface area contributed by atoms with Crippen molar-refractivity contribution in [3.63, 3.8) is 0 Å². The fraction of sp³-hybridized carbons (Fsp3) is 0.438. The number of rotatable bonds is 4. The van der Waals surface area contributed by atoms with Crippen LogP contribution in [0.15, 0.2) is 24.4 Å². The summed E-state index contributed by atoms with van der Waals surface area (Å²) in [7, 11) is 0. The van der Waals surface area contributed by atoms with Crippen LogP contribution in [0.1, 0.15) is 30.9 Å². The summed E-state index contributed by atoms with van der Waals surface area (Å²) in [6.07, 6.45) is 4.76. The van der Waals surface area contributed by atoms with Crippen molar-refractivity contribution in [1.29, 1.82) is 0 Å². The normalized spacial score (nSPS) is 19.8. The van der Waals surface area contributed by atoms with Crippen LogP contribution in [0.25, 0.3) is 10.9 Å². The van der Waals surface area contributed by atoms with E-state index in [0.717, 1.165) is 25.8 Å². The van der Waals surface area contributed by atoms with Crippen molar-refractivity contribution in [1.82, 2.24) is 9.88 Å². The number of aromatic amines is 1. The van der Waals surface area contributed by atoms with Crippen molar-refractivity contribution in [2.45, 2.75) is 38.8 Å². The standard InChI is InChI=1S/C16H20N2O2/c1-2-11-5-3-6-13-12(9-17-15(11)13)10-18-8-4-7-14(18)16(19)20/h3,5-6,9,14,17H,2,4,7-8,10H2,1H3,(H,19,20). The lowest BCUT2D eigenvalue weighted by atomic mass is 10.1. The highest BCUT2D eigenvalue weighted by Gasteiger charge is 2.30. The van der Waals surface area contributed by atoms with Gasteiger partial charge < -0.3 is 10.1 Å². The zero-order valence-electron chi connectivity index (χ0n) is 11.7. The topological polar surface area (TPSA) is 56.3 Å². The van der Waals surface area contributed by atoms with Gasteiger partial charge in [0.25, 0.3) is 0 Å². The highest BCUT2D eigenvalue weighted by Crippen LogP contribution is 2.26. The third kappa shape index (κ3) is 2.20. The molecule has 1 aliphatic heterocycles. The zero-order chi connectivity index (χ0) is 14.1. The van der Waals surface area contributed by atoms with E-state index in [-0.39, 0.29) is 6.04 Å². The quantitative estimate of drug-likeness (QED) is 0.899. The SMILES string of the molecule is CCc1cccc2c(CN3CCCC3C(=O)O)c[nH]c12. The van der Waals surface area contributed by atoms with Gasteiger partial charge in [-0.2, -0.15) is 0 Å². The van der Waals surface area contributed by atoms with Gasteiger partial charge in [-0.3, -0.25) is 9.69 Å². The number of nitrogens with zero attached hydrogens (tertiary/aromatic N) is 1. The summed E-state index contributed by atoms with van der Waals surface area (Å²) in [4.78, 5) is 16.7. The molecule has 20 heavy (non-hydrogen) atoms. The van der Waals surface area contributed by atoms with E-state index in [9.17, 15) is 9.90 Å². The highest BCUT2D eigenvalue weighted by atomic mass is 16.4. The van der Waals surface area contributed by atoms with Crippen LogP contribution < -0.4 is 0 Å². The molecule has 2 heterocycles. The van der Waals surface area contributed by atoms with Gasteiger partial charge in [0.2, 0.25) is 0 Å². The Morgan fingerprint density at radius 2 is 2.30 bits per heavy atom. The van der Waals surface area contributed by atoms with E-state index in [4.69, 9.17) is 0 Å². The molecule has 4 nitrogen and oxygen atoms in total. The first-order valence-electron chi connectivity index (χ1n) is 7.25. The first-order valence-corrected chi connectivity index (χ1v) is 7.25. The Hall–Kier alpha value is -1.81. The molecule has 1 aliphatic rings. The van der Waals surface area contributed by atoms with E-state index < -0.39 is 5.97 Å². The maximum absolute atomic E-state index is 11.3. The second-order valence-electron chi connectivity index (χ2n) is 5.47. The molecule has 4 heteroatoms. The van der Waals surface area contributed by atoms with Crippen LogP contribution in [0.3, 0.4) is 0 Å². The molecule has 2 N–H and O–H groups in total. The van der Waals surface area contributed by atoms with Gasteiger partial charge in [-0.15, -0.1) is 0 Å². The maximum Gasteiger partial charge on any atom is 0.320 e. The molecule has 1 unspecified atom stereocenters. The fourth-order valence-electron chi connectivity index (χ4n) is 3.21. The van der Waals surface area contributed by atoms with Crippen molar-refractivity contribution < 1.29 is 9.90 Å². The summed E-state index contributed by atoms with van der Waals surface area (Å²) in [5, 5.41) is 10.5. The van der Waals surface area contributed by atoms with Crippen molar-refractivity contribution in [2.24, 2.45) is 0 Å². The van der Waals surface area contributed by atoms with Crippen LogP contribution in [-0.4, -0.2) is 33.5 Å². The number of likely N-dealkylation sites (tertiary alicyclic amines) is 1. The van der Waals surface area contributed by atoms with Gasteiger partial charge >= 0.3 is 5.97 Å². The minimum atomic E-state index is -0.698. The summed E-state index contributed by atoms with van der Waals surface area (Å²) in [6.45, 7) is 3.73. The summed E-state index contributed by atoms with van der Waals surface area (Å²) in [5.74, 6) is -0.698. The van der Waals surface area contributed by atoms with Gasteiger partial charge in [-0.1, -0.05) is 25.1 Å². The predicted molar refractivity (Wildman–Crippen MR) is 78.7 cm³/mol. The number of fused-ring (bicyclic) bond motifs is 1. The van der Waals surface area contributed by atoms with Gasteiger partial charge in [-0.05, 0) is 36.9 Å². The molecular formula is C16H20N2O2. The van der Waals surface area contributed by atoms with E-state index in [2.05, 4.69) is 35.0 Å². The van der Waals surface area contributed by atoms with Crippen molar-refractivity contribution >= 4 is 16.9 Å². The van der Waals surface area contributed by atoms with Crippen molar-refractivity contribution in [2.75, 3.05) is 6.54 Å². The summed E-state index contributed by atoms with van der Waals surface area (Å²) >= 11 is 0. The number of nitrogens with one attached hydrogen (secondary N) is 1. The number of benzene rings is 1. The molecule has 2 aromatic rings. The number of carbonyl (C=O) groups is 1. The van der Waals surface area contributed by atoms with E-state index in [0.29, 0.717) is 6.54 Å². The third-order valence-electron chi connectivity index (χ3n) is 4.29. The monoisotopic (exact) mass is 272 g/mol. The minimum absolute atomic E-state index is 0.325. The van der Waals surface area contributed by atoms with Gasteiger partial charge in [0, 0.05) is 23.6 Å². The van der Waals surface area contributed by atoms with Gasteiger partial charge in [0.1, 0.15) is 6.04 Å². The average molecular weight is 272 g/mol. The van der Waals surface area contributed by atoms with Crippen molar-refractivity contribution in [3.05, 3.63) is 35.5 Å². The number of aromatic nitrogens is 1. The molecule has 0 saturated carbocycles. The molecule has 1 atom stereocenters. The Kier molecular flexibility index (Phi) is 3.49. The van der Waals surface area contributed by atoms with Crippen molar-refractivity contribution in [3.8, 4) is 0 Å². The largest absolute Gasteiger partial charge is 0.480 e. The molecule has 1 aromatic heterocycles. The number of aliphatic carboxylic acids is 1. The summed E-state index contributed by atoms with van der Waals surface area (Å²) in [5.41, 5.74) is 3.70. The smallest absolute Gasteiger partial charge is 0.320 e. The Balaban J connectivity index is 1.90. The lowest BCUT2D eigenvalue weighted by Crippen LogP contribution is -2.35. The van der Waals surface area contributed by atoms with E-state index in [1.165, 1.54) is 22.0 Å². The molecule has 0 spiro atoms. The molecule has 0 bridgehead atoms. The lowest BCUT2D eigenvalue weighted by Gasteiger charge is -2.20. The van der Waals surface area contributed by atoms with E-state index in [1.807, 2.05) is 6.20 Å². The summed E-state index contributed by atoms with van der Waals surface area (Å²) in [6, 6.07) is 6.01. The Morgan fingerprint density at radius 1 is 1.45 bits per heavy atom. The van der Waals surface area contributed by atoms with Crippen LogP contribution in [0.4, 0.5) is 0 Å². The molecule has 0 amide bonds. The second-order valence-corrected chi connectivity index (χ2v) is 5.47. The number of hydrogen-bond acceptors (Lipinski definition) is 2. The molecule has 0 aliphatic carbocycles. The zero-order valence-corrected chi connectivity index (χ0v) is 11.7. The molecule has 0 radical (unpaired) electrons. The Labute approximate surface area is 118 Å². The fourth-order valence-corrected chi connectivity index (χ4v) is 3.21. The van der Waals surface area contributed by atoms with Crippen LogP contribution in [0, 0.1) is 0 Å². The number of H-pyrrole nitrogens is 1.